The first-order chi connectivity index (χ1) is 9.87. The largest absolute Gasteiger partial charge is 0.478 e. The summed E-state index contributed by atoms with van der Waals surface area (Å²) in [6, 6.07) is 4.20. The minimum atomic E-state index is -3.01. The quantitative estimate of drug-likeness (QED) is 0.851. The Kier molecular flexibility index (Phi) is 3.12. The highest BCUT2D eigenvalue weighted by atomic mass is 32.2. The summed E-state index contributed by atoms with van der Waals surface area (Å²) in [7, 11) is -3.01. The number of sulfone groups is 1. The lowest BCUT2D eigenvalue weighted by molar-refractivity contribution is 0.0697. The van der Waals surface area contributed by atoms with Crippen molar-refractivity contribution in [2.75, 3.05) is 11.5 Å². The molecule has 112 valence electrons. The Labute approximate surface area is 120 Å². The molecule has 0 saturated carbocycles. The Hall–Kier alpha value is -2.09. The third kappa shape index (κ3) is 2.46. The number of hydrogen-bond donors (Lipinski definition) is 2. The predicted octanol–water partition coefficient (Wildman–Crippen LogP) is 0.777. The summed E-state index contributed by atoms with van der Waals surface area (Å²) < 4.78 is 24.5. The van der Waals surface area contributed by atoms with Gasteiger partial charge in [-0.05, 0) is 31.0 Å². The van der Waals surface area contributed by atoms with Crippen LogP contribution >= 0.6 is 0 Å². The van der Waals surface area contributed by atoms with E-state index in [-0.39, 0.29) is 28.8 Å². The minimum absolute atomic E-state index is 0.0510. The van der Waals surface area contributed by atoms with E-state index in [1.165, 1.54) is 16.7 Å². The molecule has 1 saturated heterocycles. The van der Waals surface area contributed by atoms with E-state index < -0.39 is 15.8 Å². The third-order valence-electron chi connectivity index (χ3n) is 3.85. The summed E-state index contributed by atoms with van der Waals surface area (Å²) in [5, 5.41) is 9.04. The molecule has 2 heterocycles. The molecule has 2 N–H and O–H groups in total. The molecule has 0 radical (unpaired) electrons. The van der Waals surface area contributed by atoms with Crippen molar-refractivity contribution in [2.24, 2.45) is 0 Å². The molecule has 0 spiro atoms. The number of nitrogens with one attached hydrogen (secondary N) is 1. The molecule has 0 amide bonds. The average Bonchev–Trinajstić information content (AvgIpc) is 2.74. The van der Waals surface area contributed by atoms with E-state index >= 15 is 0 Å². The number of benzene rings is 1. The van der Waals surface area contributed by atoms with Gasteiger partial charge in [-0.1, -0.05) is 0 Å². The predicted molar refractivity (Wildman–Crippen MR) is 76.4 cm³/mol. The lowest BCUT2D eigenvalue weighted by atomic mass is 10.1. The van der Waals surface area contributed by atoms with Crippen LogP contribution in [0, 0.1) is 0 Å². The lowest BCUT2D eigenvalue weighted by Crippen LogP contribution is -2.30. The zero-order chi connectivity index (χ0) is 15.2. The standard InChI is InChI=1S/C13H14N2O5S/c16-12(17)8-1-2-10-11(7-8)15(13(18)14-10)9-3-5-21(19,20)6-4-9/h1-2,7,9H,3-6H2,(H,14,18)(H,16,17). The van der Waals surface area contributed by atoms with E-state index in [1.807, 2.05) is 0 Å². The van der Waals surface area contributed by atoms with Gasteiger partial charge in [0.15, 0.2) is 0 Å². The topological polar surface area (TPSA) is 109 Å². The van der Waals surface area contributed by atoms with Gasteiger partial charge in [0.05, 0.1) is 28.1 Å². The van der Waals surface area contributed by atoms with Crippen LogP contribution in [0.1, 0.15) is 29.2 Å². The van der Waals surface area contributed by atoms with Gasteiger partial charge in [-0.2, -0.15) is 0 Å². The first-order valence-electron chi connectivity index (χ1n) is 6.55. The Morgan fingerprint density at radius 3 is 2.57 bits per heavy atom. The number of imidazole rings is 1. The van der Waals surface area contributed by atoms with Crippen LogP contribution in [0.15, 0.2) is 23.0 Å². The van der Waals surface area contributed by atoms with E-state index in [9.17, 15) is 18.0 Å². The van der Waals surface area contributed by atoms with Crippen molar-refractivity contribution < 1.29 is 18.3 Å². The highest BCUT2D eigenvalue weighted by Crippen LogP contribution is 2.26. The fourth-order valence-corrected chi connectivity index (χ4v) is 4.22. The zero-order valence-electron chi connectivity index (χ0n) is 11.1. The summed E-state index contributed by atoms with van der Waals surface area (Å²) in [6.45, 7) is 0. The first-order valence-corrected chi connectivity index (χ1v) is 8.37. The van der Waals surface area contributed by atoms with Crippen molar-refractivity contribution in [3.05, 3.63) is 34.2 Å². The van der Waals surface area contributed by atoms with Gasteiger partial charge in [0.1, 0.15) is 9.84 Å². The maximum atomic E-state index is 12.1. The second-order valence-electron chi connectivity index (χ2n) is 5.22. The highest BCUT2D eigenvalue weighted by Gasteiger charge is 2.27. The zero-order valence-corrected chi connectivity index (χ0v) is 11.9. The van der Waals surface area contributed by atoms with Gasteiger partial charge in [-0.25, -0.2) is 18.0 Å². The molecule has 1 aromatic heterocycles. The number of carboxylic acids is 1. The van der Waals surface area contributed by atoms with Gasteiger partial charge in [0.25, 0.3) is 0 Å². The number of fused-ring (bicyclic) bond motifs is 1. The third-order valence-corrected chi connectivity index (χ3v) is 5.57. The van der Waals surface area contributed by atoms with Crippen molar-refractivity contribution in [1.29, 1.82) is 0 Å². The maximum absolute atomic E-state index is 12.1. The summed E-state index contributed by atoms with van der Waals surface area (Å²) >= 11 is 0. The van der Waals surface area contributed by atoms with Crippen LogP contribution in [-0.4, -0.2) is 40.6 Å². The van der Waals surface area contributed by atoms with Crippen LogP contribution < -0.4 is 5.69 Å². The van der Waals surface area contributed by atoms with E-state index in [0.717, 1.165) is 0 Å². The SMILES string of the molecule is O=C(O)c1ccc2[nH]c(=O)n(C3CCS(=O)(=O)CC3)c2c1. The lowest BCUT2D eigenvalue weighted by Gasteiger charge is -2.23. The monoisotopic (exact) mass is 310 g/mol. The molecule has 1 aliphatic heterocycles. The van der Waals surface area contributed by atoms with Crippen LogP contribution in [0.5, 0.6) is 0 Å². The number of carboxylic acid groups (broad SMARTS) is 1. The van der Waals surface area contributed by atoms with Gasteiger partial charge in [0.2, 0.25) is 0 Å². The van der Waals surface area contributed by atoms with Gasteiger partial charge in [-0.15, -0.1) is 0 Å². The summed E-state index contributed by atoms with van der Waals surface area (Å²) in [6.07, 6.45) is 0.735. The second kappa shape index (κ2) is 4.73. The normalized spacial score (nSPS) is 18.9. The second-order valence-corrected chi connectivity index (χ2v) is 7.52. The smallest absolute Gasteiger partial charge is 0.335 e. The molecule has 21 heavy (non-hydrogen) atoms. The van der Waals surface area contributed by atoms with Gasteiger partial charge < -0.3 is 10.1 Å². The molecular formula is C13H14N2O5S. The highest BCUT2D eigenvalue weighted by molar-refractivity contribution is 7.91. The molecule has 3 rings (SSSR count). The van der Waals surface area contributed by atoms with Gasteiger partial charge in [0, 0.05) is 6.04 Å². The Morgan fingerprint density at radius 2 is 1.95 bits per heavy atom. The number of aromatic amines is 1. The van der Waals surface area contributed by atoms with Crippen molar-refractivity contribution in [3.8, 4) is 0 Å². The molecule has 1 fully saturated rings. The molecule has 0 unspecified atom stereocenters. The number of rotatable bonds is 2. The number of carbonyl (C=O) groups is 1. The fraction of sp³-hybridized carbons (Fsp3) is 0.385. The Morgan fingerprint density at radius 1 is 1.29 bits per heavy atom. The van der Waals surface area contributed by atoms with Gasteiger partial charge >= 0.3 is 11.7 Å². The summed E-state index contributed by atoms with van der Waals surface area (Å²) in [5.41, 5.74) is 0.818. The minimum Gasteiger partial charge on any atom is -0.478 e. The molecule has 0 atom stereocenters. The number of H-pyrrole nitrogens is 1. The average molecular weight is 310 g/mol. The molecule has 7 nitrogen and oxygen atoms in total. The van der Waals surface area contributed by atoms with Gasteiger partial charge in [-0.3, -0.25) is 4.57 Å². The fourth-order valence-electron chi connectivity index (χ4n) is 2.75. The van der Waals surface area contributed by atoms with Crippen molar-refractivity contribution in [1.82, 2.24) is 9.55 Å². The molecule has 0 bridgehead atoms. The number of nitrogens with zero attached hydrogens (tertiary/aromatic N) is 1. The number of hydrogen-bond acceptors (Lipinski definition) is 4. The molecular weight excluding hydrogens is 296 g/mol. The Balaban J connectivity index is 2.09. The Bertz CT molecular complexity index is 864. The summed E-state index contributed by atoms with van der Waals surface area (Å²) in [5.74, 6) is -0.964. The van der Waals surface area contributed by atoms with Crippen molar-refractivity contribution in [2.45, 2.75) is 18.9 Å². The van der Waals surface area contributed by atoms with Crippen LogP contribution in [0.3, 0.4) is 0 Å². The van der Waals surface area contributed by atoms with E-state index in [4.69, 9.17) is 5.11 Å². The van der Waals surface area contributed by atoms with E-state index in [0.29, 0.717) is 23.9 Å². The van der Waals surface area contributed by atoms with E-state index in [1.54, 1.807) is 6.07 Å². The van der Waals surface area contributed by atoms with Crippen LogP contribution in [-0.2, 0) is 9.84 Å². The van der Waals surface area contributed by atoms with Crippen molar-refractivity contribution >= 4 is 26.8 Å². The molecule has 8 heteroatoms. The molecule has 1 aliphatic rings. The molecule has 0 aliphatic carbocycles. The number of aromatic carboxylic acids is 1. The summed E-state index contributed by atoms with van der Waals surface area (Å²) in [4.78, 5) is 25.8. The van der Waals surface area contributed by atoms with E-state index in [2.05, 4.69) is 4.98 Å². The molecule has 1 aromatic carbocycles. The van der Waals surface area contributed by atoms with Crippen molar-refractivity contribution in [3.63, 3.8) is 0 Å². The van der Waals surface area contributed by atoms with Crippen LogP contribution in [0.4, 0.5) is 0 Å². The number of aromatic nitrogens is 2. The van der Waals surface area contributed by atoms with Crippen LogP contribution in [0.2, 0.25) is 0 Å². The van der Waals surface area contributed by atoms with Crippen LogP contribution in [0.25, 0.3) is 11.0 Å². The first kappa shape index (κ1) is 13.9. The molecule has 2 aromatic rings. The maximum Gasteiger partial charge on any atom is 0.335 e.